The molecule has 1 fully saturated rings. The van der Waals surface area contributed by atoms with Crippen LogP contribution in [0.25, 0.3) is 0 Å². The minimum absolute atomic E-state index is 0.0239. The van der Waals surface area contributed by atoms with Crippen LogP contribution in [0.15, 0.2) is 34.8 Å². The molecule has 15 heteroatoms. The van der Waals surface area contributed by atoms with Gasteiger partial charge in [0.05, 0.1) is 6.04 Å². The second kappa shape index (κ2) is 8.89. The van der Waals surface area contributed by atoms with E-state index in [-0.39, 0.29) is 33.3 Å². The Balaban J connectivity index is 1.74. The van der Waals surface area contributed by atoms with Crippen LogP contribution >= 0.6 is 11.3 Å². The largest absolute Gasteiger partial charge is 0.390 e. The topological polar surface area (TPSA) is 214 Å². The summed E-state index contributed by atoms with van der Waals surface area (Å²) in [5.74, 6) is -1.91. The first kappa shape index (κ1) is 23.1. The lowest BCUT2D eigenvalue weighted by Gasteiger charge is -2.42. The molecule has 1 aliphatic heterocycles. The van der Waals surface area contributed by atoms with Crippen molar-refractivity contribution in [3.8, 4) is 0 Å². The number of anilines is 1. The van der Waals surface area contributed by atoms with Gasteiger partial charge in [-0.05, 0) is 12.5 Å². The van der Waals surface area contributed by atoms with Crippen LogP contribution < -0.4 is 16.8 Å². The molecule has 0 bridgehead atoms. The molecule has 2 atom stereocenters. The lowest BCUT2D eigenvalue weighted by atomic mass is 10.0. The molecule has 170 valence electrons. The molecule has 1 aliphatic rings. The van der Waals surface area contributed by atoms with Gasteiger partial charge in [0.1, 0.15) is 24.2 Å². The second-order valence-electron chi connectivity index (χ2n) is 6.70. The molecule has 0 saturated carbocycles. The Morgan fingerprint density at radius 1 is 1.41 bits per heavy atom. The number of nitrogens with zero attached hydrogens (tertiary/aromatic N) is 3. The number of nitrogens with two attached hydrogens (primary N) is 2. The number of β-lactam (4-membered cyclic amide) rings is 1. The summed E-state index contributed by atoms with van der Waals surface area (Å²) in [4.78, 5) is 34.0. The van der Waals surface area contributed by atoms with Crippen molar-refractivity contribution in [3.05, 3.63) is 46.5 Å². The number of amidine groups is 1. The molecule has 3 rings (SSSR count). The van der Waals surface area contributed by atoms with Crippen LogP contribution in [-0.4, -0.2) is 57.7 Å². The molecule has 1 unspecified atom stereocenters. The molecule has 7 N–H and O–H groups in total. The number of oxime groups is 1. The van der Waals surface area contributed by atoms with Crippen molar-refractivity contribution in [1.29, 1.82) is 5.41 Å². The molecule has 2 aromatic rings. The fourth-order valence-corrected chi connectivity index (χ4v) is 4.30. The summed E-state index contributed by atoms with van der Waals surface area (Å²) in [6.45, 7) is 1.32. The van der Waals surface area contributed by atoms with Crippen LogP contribution in [0.1, 0.15) is 23.7 Å². The van der Waals surface area contributed by atoms with Gasteiger partial charge >= 0.3 is 10.3 Å². The summed E-state index contributed by atoms with van der Waals surface area (Å²) in [7, 11) is -4.73. The third-order valence-corrected chi connectivity index (χ3v) is 6.19. The van der Waals surface area contributed by atoms with Crippen LogP contribution in [0.5, 0.6) is 0 Å². The highest BCUT2D eigenvalue weighted by Gasteiger charge is 2.51. The van der Waals surface area contributed by atoms with E-state index in [9.17, 15) is 18.0 Å². The predicted octanol–water partition coefficient (Wildman–Crippen LogP) is -0.551. The van der Waals surface area contributed by atoms with Gasteiger partial charge in [0.2, 0.25) is 0 Å². The highest BCUT2D eigenvalue weighted by molar-refractivity contribution is 7.84. The number of rotatable bonds is 8. The first-order valence-corrected chi connectivity index (χ1v) is 11.2. The van der Waals surface area contributed by atoms with E-state index in [0.29, 0.717) is 11.1 Å². The number of amides is 2. The zero-order chi connectivity index (χ0) is 23.6. The molecule has 1 saturated heterocycles. The molecular weight excluding hydrogens is 462 g/mol. The van der Waals surface area contributed by atoms with Gasteiger partial charge in [-0.2, -0.15) is 8.42 Å². The van der Waals surface area contributed by atoms with Crippen molar-refractivity contribution < 1.29 is 27.4 Å². The second-order valence-corrected chi connectivity index (χ2v) is 8.88. The summed E-state index contributed by atoms with van der Waals surface area (Å²) in [6, 6.07) is 4.42. The minimum atomic E-state index is -4.73. The van der Waals surface area contributed by atoms with E-state index in [0.717, 1.165) is 11.3 Å². The maximum Gasteiger partial charge on any atom is 0.362 e. The fraction of sp³-hybridized carbons (Fsp3) is 0.235. The van der Waals surface area contributed by atoms with Gasteiger partial charge in [-0.1, -0.05) is 29.4 Å². The van der Waals surface area contributed by atoms with Gasteiger partial charge in [-0.25, -0.2) is 9.29 Å². The Bertz CT molecular complexity index is 1190. The van der Waals surface area contributed by atoms with E-state index >= 15 is 0 Å². The van der Waals surface area contributed by atoms with E-state index in [1.54, 1.807) is 24.3 Å². The van der Waals surface area contributed by atoms with Crippen LogP contribution in [-0.2, 0) is 31.3 Å². The first-order valence-electron chi connectivity index (χ1n) is 8.95. The number of aromatic nitrogens is 1. The number of nitrogen functional groups attached to an aromatic ring is 2. The van der Waals surface area contributed by atoms with Gasteiger partial charge in [-0.3, -0.25) is 19.6 Å². The third kappa shape index (κ3) is 4.84. The van der Waals surface area contributed by atoms with Crippen LogP contribution in [0.4, 0.5) is 5.13 Å². The van der Waals surface area contributed by atoms with Crippen LogP contribution in [0.2, 0.25) is 0 Å². The summed E-state index contributed by atoms with van der Waals surface area (Å²) in [5, 5.41) is 15.2. The Labute approximate surface area is 186 Å². The smallest absolute Gasteiger partial charge is 0.362 e. The molecule has 0 aliphatic carbocycles. The van der Waals surface area contributed by atoms with E-state index in [4.69, 9.17) is 26.3 Å². The Hall–Kier alpha value is -3.56. The normalized spacial score (nSPS) is 18.8. The highest BCUT2D eigenvalue weighted by atomic mass is 32.2. The van der Waals surface area contributed by atoms with Crippen molar-refractivity contribution >= 4 is 50.1 Å². The summed E-state index contributed by atoms with van der Waals surface area (Å²) < 4.78 is 31.8. The van der Waals surface area contributed by atoms with E-state index in [1.165, 1.54) is 12.3 Å². The molecule has 0 radical (unpaired) electrons. The number of hydrogen-bond donors (Lipinski definition) is 5. The number of benzene rings is 1. The average molecular weight is 482 g/mol. The zero-order valence-electron chi connectivity index (χ0n) is 16.5. The van der Waals surface area contributed by atoms with E-state index in [1.807, 2.05) is 0 Å². The van der Waals surface area contributed by atoms with Gasteiger partial charge in [0, 0.05) is 10.9 Å². The number of thiazole rings is 1. The highest BCUT2D eigenvalue weighted by Crippen LogP contribution is 2.23. The lowest BCUT2D eigenvalue weighted by molar-refractivity contribution is -0.143. The third-order valence-electron chi connectivity index (χ3n) is 4.50. The number of nitrogens with one attached hydrogen (secondary N) is 2. The van der Waals surface area contributed by atoms with E-state index in [2.05, 4.69) is 15.5 Å². The Morgan fingerprint density at radius 2 is 2.06 bits per heavy atom. The number of hydrogen-bond acceptors (Lipinski definition) is 10. The molecule has 1 aromatic heterocycles. The molecule has 0 spiro atoms. The average Bonchev–Trinajstić information content (AvgIpc) is 3.14. The van der Waals surface area contributed by atoms with Crippen molar-refractivity contribution in [2.24, 2.45) is 10.9 Å². The monoisotopic (exact) mass is 481 g/mol. The quantitative estimate of drug-likeness (QED) is 0.107. The summed E-state index contributed by atoms with van der Waals surface area (Å²) in [6.07, 6.45) is 0. The molecular formula is C17H19N7O6S2. The number of carbonyl (C=O) groups excluding carboxylic acids is 2. The summed E-state index contributed by atoms with van der Waals surface area (Å²) in [5.41, 5.74) is 12.1. The summed E-state index contributed by atoms with van der Waals surface area (Å²) >= 11 is 1.06. The SMILES string of the molecule is C[C@H]1C(NC(=O)/C(=N\OCc2ccc(C(=N)N)cc2)c2csc(N)n2)C(=O)N1S(=O)(=O)O. The predicted molar refractivity (Wildman–Crippen MR) is 115 cm³/mol. The minimum Gasteiger partial charge on any atom is -0.390 e. The Kier molecular flexibility index (Phi) is 6.42. The lowest BCUT2D eigenvalue weighted by Crippen LogP contribution is -2.71. The standard InChI is InChI=1S/C17H19N7O6S2/c1-8-12(16(26)24(8)32(27,28)29)22-15(25)13(11-7-31-17(20)21-11)23-30-6-9-2-4-10(5-3-9)14(18)19/h2-5,7-8,12H,6H2,1H3,(H3,18,19)(H2,20,21)(H,22,25)(H,27,28,29)/b23-13-/t8-,12?/m0/s1. The van der Waals surface area contributed by atoms with Gasteiger partial charge in [-0.15, -0.1) is 11.3 Å². The van der Waals surface area contributed by atoms with Crippen LogP contribution in [0.3, 0.4) is 0 Å². The van der Waals surface area contributed by atoms with Gasteiger partial charge < -0.3 is 21.6 Å². The molecule has 2 heterocycles. The Morgan fingerprint density at radius 3 is 2.56 bits per heavy atom. The first-order chi connectivity index (χ1) is 15.0. The van der Waals surface area contributed by atoms with Crippen molar-refractivity contribution in [1.82, 2.24) is 14.6 Å². The van der Waals surface area contributed by atoms with Crippen molar-refractivity contribution in [2.75, 3.05) is 5.73 Å². The van der Waals surface area contributed by atoms with E-state index < -0.39 is 34.2 Å². The maximum absolute atomic E-state index is 12.7. The maximum atomic E-state index is 12.7. The molecule has 2 amide bonds. The van der Waals surface area contributed by atoms with Gasteiger partial charge in [0.15, 0.2) is 10.8 Å². The van der Waals surface area contributed by atoms with Crippen LogP contribution in [0, 0.1) is 5.41 Å². The van der Waals surface area contributed by atoms with Crippen molar-refractivity contribution in [2.45, 2.75) is 25.6 Å². The van der Waals surface area contributed by atoms with Gasteiger partial charge in [0.25, 0.3) is 11.8 Å². The molecule has 13 nitrogen and oxygen atoms in total. The molecule has 1 aromatic carbocycles. The zero-order valence-corrected chi connectivity index (χ0v) is 18.2. The molecule has 32 heavy (non-hydrogen) atoms. The van der Waals surface area contributed by atoms with Crippen molar-refractivity contribution in [3.63, 3.8) is 0 Å². The number of carbonyl (C=O) groups is 2. The fourth-order valence-electron chi connectivity index (χ4n) is 2.87.